The quantitative estimate of drug-likeness (QED) is 0.591. The van der Waals surface area contributed by atoms with Crippen molar-refractivity contribution in [3.63, 3.8) is 0 Å². The topological polar surface area (TPSA) is 46.1 Å². The van der Waals surface area contributed by atoms with Crippen molar-refractivity contribution in [3.8, 4) is 11.3 Å². The minimum atomic E-state index is 0.0531. The van der Waals surface area contributed by atoms with Crippen LogP contribution in [-0.4, -0.2) is 28.2 Å². The highest BCUT2D eigenvalue weighted by Gasteiger charge is 2.26. The van der Waals surface area contributed by atoms with Crippen LogP contribution in [0.2, 0.25) is 0 Å². The summed E-state index contributed by atoms with van der Waals surface area (Å²) in [4.78, 5) is 23.3. The Morgan fingerprint density at radius 3 is 2.67 bits per heavy atom. The van der Waals surface area contributed by atoms with Gasteiger partial charge >= 0.3 is 0 Å². The van der Waals surface area contributed by atoms with Gasteiger partial charge in [0, 0.05) is 24.1 Å². The fraction of sp³-hybridized carbons (Fsp3) is 0.286. The van der Waals surface area contributed by atoms with E-state index in [1.54, 1.807) is 22.4 Å². The molecule has 4 rings (SSSR count). The number of thiazole rings is 1. The summed E-state index contributed by atoms with van der Waals surface area (Å²) in [5.74, 6) is 0.0531. The van der Waals surface area contributed by atoms with Gasteiger partial charge in [0.25, 0.3) is 0 Å². The molecule has 4 nitrogen and oxygen atoms in total. The fourth-order valence-electron chi connectivity index (χ4n) is 2.69. The van der Waals surface area contributed by atoms with Gasteiger partial charge in [-0.2, -0.15) is 0 Å². The van der Waals surface area contributed by atoms with Crippen LogP contribution in [-0.2, 0) is 11.2 Å². The Balaban J connectivity index is 1.42. The first-order valence-electron chi connectivity index (χ1n) is 9.01. The lowest BCUT2D eigenvalue weighted by molar-refractivity contribution is -0.117. The number of carbonyl (C=O) groups is 1. The third-order valence-electron chi connectivity index (χ3n) is 4.47. The van der Waals surface area contributed by atoms with Gasteiger partial charge < -0.3 is 0 Å². The van der Waals surface area contributed by atoms with E-state index in [9.17, 15) is 4.79 Å². The zero-order valence-electron chi connectivity index (χ0n) is 15.4. The molecule has 0 aliphatic heterocycles. The zero-order valence-corrected chi connectivity index (χ0v) is 17.0. The molecule has 1 aromatic carbocycles. The Kier molecular flexibility index (Phi) is 5.27. The van der Waals surface area contributed by atoms with Gasteiger partial charge in [-0.05, 0) is 37.5 Å². The molecular weight excluding hydrogens is 374 g/mol. The molecule has 0 spiro atoms. The number of hydrogen-bond acceptors (Lipinski definition) is 5. The molecule has 3 aromatic rings. The van der Waals surface area contributed by atoms with Crippen LogP contribution in [0.1, 0.15) is 24.1 Å². The number of pyridine rings is 1. The fourth-order valence-corrected chi connectivity index (χ4v) is 5.18. The second-order valence-corrected chi connectivity index (χ2v) is 9.27. The number of carbonyl (C=O) groups excluding carboxylic acids is 1. The summed E-state index contributed by atoms with van der Waals surface area (Å²) in [6, 6.07) is 13.9. The van der Waals surface area contributed by atoms with Crippen LogP contribution in [0.25, 0.3) is 11.3 Å². The third-order valence-corrected chi connectivity index (χ3v) is 7.35. The van der Waals surface area contributed by atoms with Crippen LogP contribution in [0.4, 0.5) is 5.13 Å². The molecule has 27 heavy (non-hydrogen) atoms. The van der Waals surface area contributed by atoms with Crippen molar-refractivity contribution in [1.82, 2.24) is 9.97 Å². The summed E-state index contributed by atoms with van der Waals surface area (Å²) in [5, 5.41) is 1.53. The summed E-state index contributed by atoms with van der Waals surface area (Å²) in [7, 11) is 1.81. The summed E-state index contributed by atoms with van der Waals surface area (Å²) in [6.45, 7) is 2.03. The number of hydrogen-bond donors (Lipinski definition) is 0. The van der Waals surface area contributed by atoms with E-state index < -0.39 is 0 Å². The molecule has 0 bridgehead atoms. The normalized spacial score (nSPS) is 13.6. The van der Waals surface area contributed by atoms with Crippen molar-refractivity contribution in [2.75, 3.05) is 11.9 Å². The Hall–Kier alpha value is -2.18. The predicted octanol–water partition coefficient (Wildman–Crippen LogP) is 4.97. The number of amides is 1. The first-order chi connectivity index (χ1) is 13.1. The number of thioether (sulfide) groups is 1. The van der Waals surface area contributed by atoms with E-state index in [0.29, 0.717) is 6.42 Å². The molecule has 6 heteroatoms. The molecule has 0 atom stereocenters. The van der Waals surface area contributed by atoms with E-state index in [1.807, 2.05) is 68.2 Å². The summed E-state index contributed by atoms with van der Waals surface area (Å²) >= 11 is 3.52. The maximum Gasteiger partial charge on any atom is 0.232 e. The van der Waals surface area contributed by atoms with Crippen molar-refractivity contribution in [3.05, 3.63) is 59.9 Å². The minimum absolute atomic E-state index is 0.0531. The lowest BCUT2D eigenvalue weighted by atomic mass is 10.1. The molecule has 0 N–H and O–H groups in total. The monoisotopic (exact) mass is 395 g/mol. The second kappa shape index (κ2) is 7.82. The van der Waals surface area contributed by atoms with Crippen LogP contribution < -0.4 is 4.90 Å². The molecule has 2 aromatic heterocycles. The van der Waals surface area contributed by atoms with Gasteiger partial charge in [-0.25, -0.2) is 4.98 Å². The van der Waals surface area contributed by atoms with Crippen molar-refractivity contribution < 1.29 is 4.79 Å². The van der Waals surface area contributed by atoms with E-state index in [4.69, 9.17) is 0 Å². The Labute approximate surface area is 167 Å². The second-order valence-electron chi connectivity index (χ2n) is 6.73. The van der Waals surface area contributed by atoms with Crippen LogP contribution in [0.5, 0.6) is 0 Å². The molecule has 0 saturated heterocycles. The van der Waals surface area contributed by atoms with Crippen LogP contribution >= 0.6 is 23.1 Å². The number of nitrogens with zero attached hydrogens (tertiary/aromatic N) is 3. The number of benzene rings is 1. The molecule has 0 radical (unpaired) electrons. The Morgan fingerprint density at radius 2 is 2.00 bits per heavy atom. The number of likely N-dealkylation sites (N-methyl/N-ethyl adjacent to an activating group) is 1. The molecular formula is C21H21N3OS2. The zero-order chi connectivity index (χ0) is 18.8. The van der Waals surface area contributed by atoms with Crippen molar-refractivity contribution in [2.24, 2.45) is 0 Å². The number of anilines is 1. The van der Waals surface area contributed by atoms with E-state index >= 15 is 0 Å². The molecule has 138 valence electrons. The largest absolute Gasteiger partial charge is 0.291 e. The average molecular weight is 396 g/mol. The third kappa shape index (κ3) is 4.39. The standard InChI is InChI=1S/C21H21N3OS2/c1-14-20(26-17-10-11-17)27-21(23-14)24(2)19(25)13-15-6-8-16(9-7-15)18-5-3-4-12-22-18/h3-9,12,17H,10-11,13H2,1-2H3. The molecule has 1 aliphatic rings. The highest BCUT2D eigenvalue weighted by molar-refractivity contribution is 8.02. The first-order valence-corrected chi connectivity index (χ1v) is 10.7. The molecule has 1 amide bonds. The van der Waals surface area contributed by atoms with Gasteiger partial charge in [0.15, 0.2) is 5.13 Å². The number of aryl methyl sites for hydroxylation is 1. The predicted molar refractivity (Wildman–Crippen MR) is 113 cm³/mol. The molecule has 1 saturated carbocycles. The Morgan fingerprint density at radius 1 is 1.22 bits per heavy atom. The van der Waals surface area contributed by atoms with E-state index in [-0.39, 0.29) is 5.91 Å². The maximum absolute atomic E-state index is 12.7. The van der Waals surface area contributed by atoms with Gasteiger partial charge in [0.1, 0.15) is 0 Å². The van der Waals surface area contributed by atoms with Gasteiger partial charge in [0.05, 0.1) is 22.0 Å². The SMILES string of the molecule is Cc1nc(N(C)C(=O)Cc2ccc(-c3ccccn3)cc2)sc1SC1CC1. The molecule has 2 heterocycles. The summed E-state index contributed by atoms with van der Waals surface area (Å²) in [5.41, 5.74) is 4.02. The van der Waals surface area contributed by atoms with Crippen LogP contribution in [0.3, 0.4) is 0 Å². The number of aromatic nitrogens is 2. The highest BCUT2D eigenvalue weighted by atomic mass is 32.2. The van der Waals surface area contributed by atoms with Gasteiger partial charge in [-0.15, -0.1) is 11.8 Å². The lowest BCUT2D eigenvalue weighted by Gasteiger charge is -2.14. The van der Waals surface area contributed by atoms with E-state index in [2.05, 4.69) is 9.97 Å². The molecule has 0 unspecified atom stereocenters. The average Bonchev–Trinajstić information content (AvgIpc) is 3.44. The highest BCUT2D eigenvalue weighted by Crippen LogP contribution is 2.44. The van der Waals surface area contributed by atoms with Crippen molar-refractivity contribution in [2.45, 2.75) is 35.6 Å². The molecule has 1 aliphatic carbocycles. The lowest BCUT2D eigenvalue weighted by Crippen LogP contribution is -2.27. The van der Waals surface area contributed by atoms with Crippen LogP contribution in [0.15, 0.2) is 52.9 Å². The van der Waals surface area contributed by atoms with Crippen molar-refractivity contribution >= 4 is 34.1 Å². The van der Waals surface area contributed by atoms with Gasteiger partial charge in [-0.1, -0.05) is 41.7 Å². The van der Waals surface area contributed by atoms with Crippen LogP contribution in [0, 0.1) is 6.92 Å². The summed E-state index contributed by atoms with van der Waals surface area (Å²) < 4.78 is 1.24. The number of rotatable bonds is 6. The Bertz CT molecular complexity index is 934. The van der Waals surface area contributed by atoms with Gasteiger partial charge in [-0.3, -0.25) is 14.7 Å². The maximum atomic E-state index is 12.7. The van der Waals surface area contributed by atoms with E-state index in [0.717, 1.165) is 32.9 Å². The molecule has 1 fully saturated rings. The van der Waals surface area contributed by atoms with Crippen molar-refractivity contribution in [1.29, 1.82) is 0 Å². The minimum Gasteiger partial charge on any atom is -0.291 e. The van der Waals surface area contributed by atoms with E-state index in [1.165, 1.54) is 17.1 Å². The van der Waals surface area contributed by atoms with Gasteiger partial charge in [0.2, 0.25) is 5.91 Å². The first kappa shape index (κ1) is 18.2. The summed E-state index contributed by atoms with van der Waals surface area (Å²) in [6.07, 6.45) is 4.73. The smallest absolute Gasteiger partial charge is 0.232 e.